The van der Waals surface area contributed by atoms with Crippen LogP contribution in [0.2, 0.25) is 5.02 Å². The molecule has 1 rings (SSSR count). The number of rotatable bonds is 5. The van der Waals surface area contributed by atoms with Gasteiger partial charge in [-0.3, -0.25) is 0 Å². The lowest BCUT2D eigenvalue weighted by Gasteiger charge is -2.17. The highest BCUT2D eigenvalue weighted by atomic mass is 35.5. The highest BCUT2D eigenvalue weighted by Crippen LogP contribution is 2.44. The van der Waals surface area contributed by atoms with Crippen LogP contribution in [-0.2, 0) is 6.42 Å². The standard InChI is InChI=1S/C12H18ClNO3/c1-7(14)5-8-6-9(15-2)12(17-4)10(13)11(8)16-3/h6-7H,5,14H2,1-4H3. The van der Waals surface area contributed by atoms with E-state index in [2.05, 4.69) is 0 Å². The van der Waals surface area contributed by atoms with E-state index in [1.165, 1.54) is 7.11 Å². The van der Waals surface area contributed by atoms with Crippen molar-refractivity contribution in [3.63, 3.8) is 0 Å². The third-order valence-corrected chi connectivity index (χ3v) is 2.73. The number of nitrogens with two attached hydrogens (primary N) is 1. The number of methoxy groups -OCH3 is 3. The highest BCUT2D eigenvalue weighted by Gasteiger charge is 2.19. The van der Waals surface area contributed by atoms with Crippen LogP contribution in [0.15, 0.2) is 6.07 Å². The molecule has 0 aliphatic carbocycles. The van der Waals surface area contributed by atoms with Crippen molar-refractivity contribution in [3.8, 4) is 17.2 Å². The molecule has 0 fully saturated rings. The summed E-state index contributed by atoms with van der Waals surface area (Å²) < 4.78 is 15.7. The van der Waals surface area contributed by atoms with Gasteiger partial charge in [-0.05, 0) is 19.4 Å². The molecule has 0 saturated carbocycles. The normalized spacial score (nSPS) is 12.1. The summed E-state index contributed by atoms with van der Waals surface area (Å²) in [5, 5.41) is 0.407. The number of hydrogen-bond donors (Lipinski definition) is 1. The number of ether oxygens (including phenoxy) is 3. The lowest BCUT2D eigenvalue weighted by molar-refractivity contribution is 0.347. The zero-order chi connectivity index (χ0) is 13.0. The molecule has 0 aliphatic heterocycles. The second-order valence-electron chi connectivity index (χ2n) is 3.80. The molecule has 0 radical (unpaired) electrons. The molecule has 4 nitrogen and oxygen atoms in total. The van der Waals surface area contributed by atoms with Gasteiger partial charge in [0.2, 0.25) is 0 Å². The minimum absolute atomic E-state index is 0.0121. The molecule has 5 heteroatoms. The van der Waals surface area contributed by atoms with Crippen molar-refractivity contribution in [1.29, 1.82) is 0 Å². The van der Waals surface area contributed by atoms with Crippen molar-refractivity contribution in [1.82, 2.24) is 0 Å². The Bertz CT molecular complexity index is 394. The van der Waals surface area contributed by atoms with E-state index in [1.807, 2.05) is 13.0 Å². The molecule has 0 spiro atoms. The maximum atomic E-state index is 6.21. The van der Waals surface area contributed by atoms with Crippen LogP contribution in [0.25, 0.3) is 0 Å². The number of hydrogen-bond acceptors (Lipinski definition) is 4. The van der Waals surface area contributed by atoms with Gasteiger partial charge in [0.1, 0.15) is 10.8 Å². The van der Waals surface area contributed by atoms with Crippen LogP contribution in [-0.4, -0.2) is 27.4 Å². The molecule has 0 bridgehead atoms. The Balaban J connectivity index is 3.34. The van der Waals surface area contributed by atoms with E-state index in [0.29, 0.717) is 28.7 Å². The van der Waals surface area contributed by atoms with Crippen LogP contribution in [0.1, 0.15) is 12.5 Å². The highest BCUT2D eigenvalue weighted by molar-refractivity contribution is 6.34. The van der Waals surface area contributed by atoms with Gasteiger partial charge in [-0.1, -0.05) is 11.6 Å². The molecule has 0 heterocycles. The van der Waals surface area contributed by atoms with Crippen LogP contribution < -0.4 is 19.9 Å². The minimum Gasteiger partial charge on any atom is -0.495 e. The fourth-order valence-corrected chi connectivity index (χ4v) is 2.07. The molecule has 0 amide bonds. The van der Waals surface area contributed by atoms with Crippen LogP contribution in [0.3, 0.4) is 0 Å². The maximum absolute atomic E-state index is 6.21. The second kappa shape index (κ2) is 5.98. The number of halogens is 1. The molecular weight excluding hydrogens is 242 g/mol. The Hall–Kier alpha value is -1.13. The first kappa shape index (κ1) is 13.9. The summed E-state index contributed by atoms with van der Waals surface area (Å²) in [6.07, 6.45) is 0.656. The molecule has 1 unspecified atom stereocenters. The van der Waals surface area contributed by atoms with E-state index >= 15 is 0 Å². The smallest absolute Gasteiger partial charge is 0.183 e. The van der Waals surface area contributed by atoms with Gasteiger partial charge >= 0.3 is 0 Å². The summed E-state index contributed by atoms with van der Waals surface area (Å²) in [7, 11) is 4.67. The van der Waals surface area contributed by atoms with Crippen molar-refractivity contribution in [3.05, 3.63) is 16.7 Å². The third-order valence-electron chi connectivity index (χ3n) is 2.39. The van der Waals surface area contributed by atoms with Crippen molar-refractivity contribution in [2.75, 3.05) is 21.3 Å². The quantitative estimate of drug-likeness (QED) is 0.881. The summed E-state index contributed by atoms with van der Waals surface area (Å²) in [6, 6.07) is 1.85. The van der Waals surface area contributed by atoms with Gasteiger partial charge in [0.25, 0.3) is 0 Å². The average molecular weight is 260 g/mol. The van der Waals surface area contributed by atoms with E-state index in [-0.39, 0.29) is 6.04 Å². The van der Waals surface area contributed by atoms with E-state index < -0.39 is 0 Å². The summed E-state index contributed by atoms with van der Waals surface area (Å²) in [6.45, 7) is 1.92. The van der Waals surface area contributed by atoms with Gasteiger partial charge in [0.05, 0.1) is 21.3 Å². The SMILES string of the molecule is COc1cc(CC(C)N)c(OC)c(Cl)c1OC. The predicted octanol–water partition coefficient (Wildman–Crippen LogP) is 2.26. The van der Waals surface area contributed by atoms with E-state index in [9.17, 15) is 0 Å². The summed E-state index contributed by atoms with van der Waals surface area (Å²) in [5.74, 6) is 1.63. The summed E-state index contributed by atoms with van der Waals surface area (Å²) >= 11 is 6.21. The van der Waals surface area contributed by atoms with Gasteiger partial charge in [-0.2, -0.15) is 0 Å². The van der Waals surface area contributed by atoms with Gasteiger partial charge in [-0.15, -0.1) is 0 Å². The van der Waals surface area contributed by atoms with E-state index in [1.54, 1.807) is 14.2 Å². The second-order valence-corrected chi connectivity index (χ2v) is 4.18. The van der Waals surface area contributed by atoms with Crippen molar-refractivity contribution in [2.24, 2.45) is 5.73 Å². The Labute approximate surface area is 107 Å². The summed E-state index contributed by atoms with van der Waals surface area (Å²) in [5.41, 5.74) is 6.70. The topological polar surface area (TPSA) is 53.7 Å². The molecule has 1 atom stereocenters. The lowest BCUT2D eigenvalue weighted by Crippen LogP contribution is -2.18. The number of benzene rings is 1. The van der Waals surface area contributed by atoms with Crippen molar-refractivity contribution in [2.45, 2.75) is 19.4 Å². The first-order valence-electron chi connectivity index (χ1n) is 5.28. The fraction of sp³-hybridized carbons (Fsp3) is 0.500. The Morgan fingerprint density at radius 3 is 2.18 bits per heavy atom. The molecule has 0 aromatic heterocycles. The van der Waals surface area contributed by atoms with Crippen LogP contribution in [0.5, 0.6) is 17.2 Å². The van der Waals surface area contributed by atoms with Gasteiger partial charge in [-0.25, -0.2) is 0 Å². The molecule has 17 heavy (non-hydrogen) atoms. The molecule has 2 N–H and O–H groups in total. The lowest BCUT2D eigenvalue weighted by atomic mass is 10.1. The van der Waals surface area contributed by atoms with Gasteiger partial charge in [0, 0.05) is 11.6 Å². The molecule has 0 aliphatic rings. The van der Waals surface area contributed by atoms with Crippen LogP contribution in [0.4, 0.5) is 0 Å². The fourth-order valence-electron chi connectivity index (χ4n) is 1.70. The largest absolute Gasteiger partial charge is 0.495 e. The molecule has 1 aromatic carbocycles. The van der Waals surface area contributed by atoms with Crippen molar-refractivity contribution >= 4 is 11.6 Å². The Morgan fingerprint density at radius 1 is 1.18 bits per heavy atom. The average Bonchev–Trinajstić information content (AvgIpc) is 2.28. The zero-order valence-electron chi connectivity index (χ0n) is 10.5. The Kier molecular flexibility index (Phi) is 4.90. The maximum Gasteiger partial charge on any atom is 0.183 e. The van der Waals surface area contributed by atoms with E-state index in [4.69, 9.17) is 31.5 Å². The van der Waals surface area contributed by atoms with Crippen LogP contribution in [0, 0.1) is 0 Å². The summed E-state index contributed by atoms with van der Waals surface area (Å²) in [4.78, 5) is 0. The minimum atomic E-state index is 0.0121. The van der Waals surface area contributed by atoms with Crippen LogP contribution >= 0.6 is 11.6 Å². The van der Waals surface area contributed by atoms with Gasteiger partial charge < -0.3 is 19.9 Å². The van der Waals surface area contributed by atoms with Gasteiger partial charge in [0.15, 0.2) is 11.5 Å². The zero-order valence-corrected chi connectivity index (χ0v) is 11.3. The van der Waals surface area contributed by atoms with Crippen molar-refractivity contribution < 1.29 is 14.2 Å². The monoisotopic (exact) mass is 259 g/mol. The molecular formula is C12H18ClNO3. The Morgan fingerprint density at radius 2 is 1.76 bits per heavy atom. The first-order chi connectivity index (χ1) is 8.04. The van der Waals surface area contributed by atoms with E-state index in [0.717, 1.165) is 5.56 Å². The molecule has 1 aromatic rings. The predicted molar refractivity (Wildman–Crippen MR) is 68.5 cm³/mol. The first-order valence-corrected chi connectivity index (χ1v) is 5.65. The molecule has 96 valence electrons. The third kappa shape index (κ3) is 2.96. The molecule has 0 saturated heterocycles.